The third-order valence-electron chi connectivity index (χ3n) is 3.88. The zero-order chi connectivity index (χ0) is 17.6. The van der Waals surface area contributed by atoms with Crippen LogP contribution in [0.25, 0.3) is 11.3 Å². The smallest absolute Gasteiger partial charge is 0.267 e. The number of benzene rings is 1. The van der Waals surface area contributed by atoms with Crippen LogP contribution in [0.1, 0.15) is 11.8 Å². The molecule has 2 aromatic heterocycles. The van der Waals surface area contributed by atoms with Crippen LogP contribution in [-0.2, 0) is 17.9 Å². The van der Waals surface area contributed by atoms with Crippen molar-refractivity contribution in [1.82, 2.24) is 14.7 Å². The van der Waals surface area contributed by atoms with E-state index in [0.717, 1.165) is 10.4 Å². The number of likely N-dealkylation sites (N-methyl/N-ethyl adjacent to an activating group) is 1. The molecule has 1 amide bonds. The van der Waals surface area contributed by atoms with Crippen molar-refractivity contribution in [2.24, 2.45) is 0 Å². The molecule has 3 aromatic rings. The highest BCUT2D eigenvalue weighted by Crippen LogP contribution is 2.14. The van der Waals surface area contributed by atoms with E-state index >= 15 is 0 Å². The van der Waals surface area contributed by atoms with Gasteiger partial charge in [0.1, 0.15) is 6.54 Å². The van der Waals surface area contributed by atoms with E-state index in [0.29, 0.717) is 18.8 Å². The first-order valence-electron chi connectivity index (χ1n) is 8.11. The highest BCUT2D eigenvalue weighted by Gasteiger charge is 2.15. The summed E-state index contributed by atoms with van der Waals surface area (Å²) in [6, 6.07) is 16.7. The van der Waals surface area contributed by atoms with Crippen LogP contribution in [-0.4, -0.2) is 27.1 Å². The lowest BCUT2D eigenvalue weighted by atomic mass is 10.1. The zero-order valence-electron chi connectivity index (χ0n) is 14.0. The van der Waals surface area contributed by atoms with Gasteiger partial charge >= 0.3 is 0 Å². The average molecular weight is 353 g/mol. The standard InChI is InChI=1S/C19H19N3O2S/c1-2-21(13-16-9-6-12-25-16)19(24)14-22-18(23)11-10-17(20-22)15-7-4-3-5-8-15/h3-12H,2,13-14H2,1H3. The summed E-state index contributed by atoms with van der Waals surface area (Å²) < 4.78 is 1.24. The summed E-state index contributed by atoms with van der Waals surface area (Å²) in [5, 5.41) is 6.34. The molecule has 0 aliphatic heterocycles. The van der Waals surface area contributed by atoms with Crippen LogP contribution in [0.2, 0.25) is 0 Å². The summed E-state index contributed by atoms with van der Waals surface area (Å²) in [6.07, 6.45) is 0. The lowest BCUT2D eigenvalue weighted by Gasteiger charge is -2.20. The van der Waals surface area contributed by atoms with Crippen LogP contribution in [0.4, 0.5) is 0 Å². The van der Waals surface area contributed by atoms with Crippen molar-refractivity contribution >= 4 is 17.2 Å². The average Bonchev–Trinajstić information content (AvgIpc) is 3.15. The van der Waals surface area contributed by atoms with Crippen LogP contribution in [0.5, 0.6) is 0 Å². The molecule has 0 saturated carbocycles. The fourth-order valence-electron chi connectivity index (χ4n) is 2.52. The van der Waals surface area contributed by atoms with Gasteiger partial charge in [-0.3, -0.25) is 9.59 Å². The Bertz CT molecular complexity index is 889. The van der Waals surface area contributed by atoms with E-state index in [1.807, 2.05) is 54.8 Å². The number of thiophene rings is 1. The maximum atomic E-state index is 12.6. The SMILES string of the molecule is CCN(Cc1cccs1)C(=O)Cn1nc(-c2ccccc2)ccc1=O. The Morgan fingerprint density at radius 1 is 1.12 bits per heavy atom. The molecule has 0 unspecified atom stereocenters. The van der Waals surface area contributed by atoms with E-state index in [-0.39, 0.29) is 18.0 Å². The molecule has 2 heterocycles. The Morgan fingerprint density at radius 2 is 1.92 bits per heavy atom. The summed E-state index contributed by atoms with van der Waals surface area (Å²) in [5.41, 5.74) is 1.31. The number of nitrogens with zero attached hydrogens (tertiary/aromatic N) is 3. The van der Waals surface area contributed by atoms with E-state index in [1.54, 1.807) is 22.3 Å². The molecule has 0 radical (unpaired) electrons. The van der Waals surface area contributed by atoms with E-state index in [9.17, 15) is 9.59 Å². The van der Waals surface area contributed by atoms with Crippen LogP contribution < -0.4 is 5.56 Å². The topological polar surface area (TPSA) is 55.2 Å². The second kappa shape index (κ2) is 7.90. The molecule has 0 spiro atoms. The predicted octanol–water partition coefficient (Wildman–Crippen LogP) is 3.02. The fraction of sp³-hybridized carbons (Fsp3) is 0.211. The second-order valence-electron chi connectivity index (χ2n) is 5.57. The molecule has 6 heteroatoms. The highest BCUT2D eigenvalue weighted by atomic mass is 32.1. The maximum absolute atomic E-state index is 12.6. The van der Waals surface area contributed by atoms with Gasteiger partial charge in [-0.1, -0.05) is 36.4 Å². The number of carbonyl (C=O) groups is 1. The van der Waals surface area contributed by atoms with Crippen LogP contribution in [0.3, 0.4) is 0 Å². The first-order valence-corrected chi connectivity index (χ1v) is 8.99. The monoisotopic (exact) mass is 353 g/mol. The largest absolute Gasteiger partial charge is 0.336 e. The summed E-state index contributed by atoms with van der Waals surface area (Å²) in [6.45, 7) is 3.02. The number of amides is 1. The minimum absolute atomic E-state index is 0.0568. The molecule has 25 heavy (non-hydrogen) atoms. The summed E-state index contributed by atoms with van der Waals surface area (Å²) in [7, 11) is 0. The first-order chi connectivity index (χ1) is 12.2. The molecule has 0 fully saturated rings. The Labute approximate surface area is 150 Å². The molecular formula is C19H19N3O2S. The third kappa shape index (κ3) is 4.22. The molecule has 0 atom stereocenters. The Kier molecular flexibility index (Phi) is 5.40. The van der Waals surface area contributed by atoms with Gasteiger partial charge in [0, 0.05) is 23.1 Å². The molecule has 1 aromatic carbocycles. The molecule has 5 nitrogen and oxygen atoms in total. The van der Waals surface area contributed by atoms with Gasteiger partial charge in [-0.05, 0) is 24.4 Å². The molecule has 0 saturated heterocycles. The molecule has 0 N–H and O–H groups in total. The Morgan fingerprint density at radius 3 is 2.60 bits per heavy atom. The number of aromatic nitrogens is 2. The van der Waals surface area contributed by atoms with E-state index in [1.165, 1.54) is 10.7 Å². The summed E-state index contributed by atoms with van der Waals surface area (Å²) >= 11 is 1.62. The van der Waals surface area contributed by atoms with Crippen molar-refractivity contribution < 1.29 is 4.79 Å². The Hall–Kier alpha value is -2.73. The number of rotatable bonds is 6. The lowest BCUT2D eigenvalue weighted by Crippen LogP contribution is -2.36. The van der Waals surface area contributed by atoms with Gasteiger partial charge in [0.25, 0.3) is 5.56 Å². The molecular weight excluding hydrogens is 334 g/mol. The number of hydrogen-bond acceptors (Lipinski definition) is 4. The highest BCUT2D eigenvalue weighted by molar-refractivity contribution is 7.09. The van der Waals surface area contributed by atoms with Crippen LogP contribution >= 0.6 is 11.3 Å². The van der Waals surface area contributed by atoms with Gasteiger partial charge < -0.3 is 4.90 Å². The van der Waals surface area contributed by atoms with Crippen molar-refractivity contribution in [2.45, 2.75) is 20.0 Å². The van der Waals surface area contributed by atoms with Crippen molar-refractivity contribution in [1.29, 1.82) is 0 Å². The van der Waals surface area contributed by atoms with Crippen molar-refractivity contribution in [2.75, 3.05) is 6.54 Å². The van der Waals surface area contributed by atoms with Gasteiger partial charge in [-0.15, -0.1) is 11.3 Å². The van der Waals surface area contributed by atoms with E-state index in [4.69, 9.17) is 0 Å². The van der Waals surface area contributed by atoms with Gasteiger partial charge in [-0.25, -0.2) is 4.68 Å². The zero-order valence-corrected chi connectivity index (χ0v) is 14.8. The van der Waals surface area contributed by atoms with E-state index in [2.05, 4.69) is 5.10 Å². The molecule has 0 aliphatic carbocycles. The van der Waals surface area contributed by atoms with Gasteiger partial charge in [0.2, 0.25) is 5.91 Å². The van der Waals surface area contributed by atoms with Gasteiger partial charge in [0.15, 0.2) is 0 Å². The first kappa shape index (κ1) is 17.1. The minimum atomic E-state index is -0.278. The minimum Gasteiger partial charge on any atom is -0.336 e. The predicted molar refractivity (Wildman–Crippen MR) is 99.3 cm³/mol. The van der Waals surface area contributed by atoms with E-state index < -0.39 is 0 Å². The molecule has 0 bridgehead atoms. The fourth-order valence-corrected chi connectivity index (χ4v) is 3.24. The van der Waals surface area contributed by atoms with Gasteiger partial charge in [0.05, 0.1) is 12.2 Å². The van der Waals surface area contributed by atoms with Crippen molar-refractivity contribution in [3.63, 3.8) is 0 Å². The second-order valence-corrected chi connectivity index (χ2v) is 6.60. The van der Waals surface area contributed by atoms with Crippen molar-refractivity contribution in [3.8, 4) is 11.3 Å². The molecule has 3 rings (SSSR count). The number of carbonyl (C=O) groups excluding carboxylic acids is 1. The summed E-state index contributed by atoms with van der Waals surface area (Å²) in [5.74, 6) is -0.115. The van der Waals surface area contributed by atoms with Crippen LogP contribution in [0.15, 0.2) is 64.8 Å². The van der Waals surface area contributed by atoms with Crippen LogP contribution in [0, 0.1) is 0 Å². The van der Waals surface area contributed by atoms with Gasteiger partial charge in [-0.2, -0.15) is 5.10 Å². The molecule has 0 aliphatic rings. The maximum Gasteiger partial charge on any atom is 0.267 e. The third-order valence-corrected chi connectivity index (χ3v) is 4.74. The number of hydrogen-bond donors (Lipinski definition) is 0. The summed E-state index contributed by atoms with van der Waals surface area (Å²) in [4.78, 5) is 27.5. The van der Waals surface area contributed by atoms with Crippen molar-refractivity contribution in [3.05, 3.63) is 75.2 Å². The molecule has 128 valence electrons. The Balaban J connectivity index is 1.79. The lowest BCUT2D eigenvalue weighted by molar-refractivity contribution is -0.132. The quantitative estimate of drug-likeness (QED) is 0.684. The normalized spacial score (nSPS) is 10.6.